The van der Waals surface area contributed by atoms with E-state index in [1.807, 2.05) is 0 Å². The van der Waals surface area contributed by atoms with Crippen molar-refractivity contribution in [2.24, 2.45) is 0 Å². The number of carbonyl (C=O) groups is 3. The largest absolute Gasteiger partial charge is 0.504 e. The summed E-state index contributed by atoms with van der Waals surface area (Å²) in [7, 11) is 3.89. The molecule has 0 radical (unpaired) electrons. The van der Waals surface area contributed by atoms with Gasteiger partial charge in [0.2, 0.25) is 5.43 Å². The number of rotatable bonds is 12. The second-order valence-corrected chi connectivity index (χ2v) is 12.0. The third kappa shape index (κ3) is 4.61. The average Bonchev–Trinajstić information content (AvgIpc) is 3.20. The van der Waals surface area contributed by atoms with E-state index in [4.69, 9.17) is 14.2 Å². The number of fused-ring (bicyclic) bond motifs is 1. The van der Waals surface area contributed by atoms with E-state index in [9.17, 15) is 49.5 Å². The van der Waals surface area contributed by atoms with Gasteiger partial charge in [-0.1, -0.05) is 11.6 Å². The van der Waals surface area contributed by atoms with Crippen LogP contribution in [0.25, 0.3) is 49.2 Å². The molecule has 0 amide bonds. The van der Waals surface area contributed by atoms with E-state index in [1.54, 1.807) is 6.92 Å². The molecule has 260 valence electrons. The minimum Gasteiger partial charge on any atom is -0.504 e. The van der Waals surface area contributed by atoms with Gasteiger partial charge < -0.3 is 50.4 Å². The molecule has 15 nitrogen and oxygen atoms in total. The van der Waals surface area contributed by atoms with Crippen LogP contribution < -0.4 is 35.7 Å². The van der Waals surface area contributed by atoms with Crippen LogP contribution in [0.3, 0.4) is 0 Å². The van der Waals surface area contributed by atoms with Gasteiger partial charge in [-0.15, -0.1) is 0 Å². The molecule has 15 heteroatoms. The lowest BCUT2D eigenvalue weighted by Crippen LogP contribution is -2.35. The molecule has 6 rings (SSSR count). The van der Waals surface area contributed by atoms with Crippen molar-refractivity contribution in [3.8, 4) is 23.0 Å². The van der Waals surface area contributed by atoms with Crippen LogP contribution in [-0.4, -0.2) is 89.9 Å². The average molecular weight is 689 g/mol. The number of aliphatic carboxylic acids is 2. The van der Waals surface area contributed by atoms with E-state index in [0.29, 0.717) is 5.57 Å². The van der Waals surface area contributed by atoms with Crippen molar-refractivity contribution >= 4 is 78.3 Å². The Morgan fingerprint density at radius 2 is 1.34 bits per heavy atom. The van der Waals surface area contributed by atoms with Crippen LogP contribution in [0, 0.1) is 0 Å². The van der Waals surface area contributed by atoms with Crippen LogP contribution in [0.1, 0.15) is 30.9 Å². The molecule has 0 aromatic heterocycles. The Morgan fingerprint density at radius 1 is 0.780 bits per heavy atom. The number of carboxylic acids is 2. The second-order valence-electron chi connectivity index (χ2n) is 12.0. The molecule has 0 spiro atoms. The number of anilines is 2. The summed E-state index contributed by atoms with van der Waals surface area (Å²) < 4.78 is 17.2. The number of carboxylic acid groups (broad SMARTS) is 2. The van der Waals surface area contributed by atoms with Gasteiger partial charge in [-0.25, -0.2) is 9.59 Å². The molecule has 0 saturated heterocycles. The zero-order valence-corrected chi connectivity index (χ0v) is 27.4. The first-order valence-electron chi connectivity index (χ1n) is 15.2. The predicted molar refractivity (Wildman–Crippen MR) is 184 cm³/mol. The number of nitrogens with one attached hydrogen (secondary N) is 2. The highest BCUT2D eigenvalue weighted by Gasteiger charge is 2.38. The van der Waals surface area contributed by atoms with E-state index in [2.05, 4.69) is 10.6 Å². The monoisotopic (exact) mass is 688 g/mol. The summed E-state index contributed by atoms with van der Waals surface area (Å²) in [6, 6.07) is -0.835. The van der Waals surface area contributed by atoms with Gasteiger partial charge >= 0.3 is 11.9 Å². The number of ether oxygens (including phenoxy) is 3. The minimum absolute atomic E-state index is 0.0229. The Balaban J connectivity index is 2.09. The van der Waals surface area contributed by atoms with Gasteiger partial charge in [0.05, 0.1) is 62.6 Å². The number of ketones is 1. The third-order valence-corrected chi connectivity index (χ3v) is 9.28. The summed E-state index contributed by atoms with van der Waals surface area (Å²) in [4.78, 5) is 66.4. The van der Waals surface area contributed by atoms with Crippen LogP contribution in [0.15, 0.2) is 27.3 Å². The molecule has 0 aliphatic heterocycles. The first-order valence-corrected chi connectivity index (χ1v) is 15.2. The highest BCUT2D eigenvalue weighted by atomic mass is 16.5. The molecule has 3 unspecified atom stereocenters. The third-order valence-electron chi connectivity index (χ3n) is 9.28. The number of aromatic hydroxyl groups is 1. The van der Waals surface area contributed by atoms with E-state index in [-0.39, 0.29) is 82.8 Å². The van der Waals surface area contributed by atoms with Crippen LogP contribution in [0.4, 0.5) is 11.4 Å². The Hall–Kier alpha value is -5.93. The van der Waals surface area contributed by atoms with Gasteiger partial charge in [-0.3, -0.25) is 14.4 Å². The Labute approximate surface area is 281 Å². The van der Waals surface area contributed by atoms with Crippen molar-refractivity contribution in [3.63, 3.8) is 0 Å². The maximum Gasteiger partial charge on any atom is 0.328 e. The van der Waals surface area contributed by atoms with Gasteiger partial charge in [-0.2, -0.15) is 0 Å². The molecule has 0 fully saturated rings. The van der Waals surface area contributed by atoms with Gasteiger partial charge in [-0.05, 0) is 19.2 Å². The lowest BCUT2D eigenvalue weighted by molar-refractivity contribution is -0.139. The second kappa shape index (κ2) is 12.2. The van der Waals surface area contributed by atoms with Crippen molar-refractivity contribution in [1.82, 2.24) is 0 Å². The van der Waals surface area contributed by atoms with Crippen molar-refractivity contribution in [2.45, 2.75) is 31.8 Å². The molecule has 50 heavy (non-hydrogen) atoms. The normalized spacial score (nSPS) is 15.3. The number of benzene rings is 5. The van der Waals surface area contributed by atoms with Crippen LogP contribution in [-0.2, 0) is 14.4 Å². The Bertz CT molecular complexity index is 2440. The summed E-state index contributed by atoms with van der Waals surface area (Å²) in [5.74, 6) is -5.11. The molecule has 1 aliphatic rings. The van der Waals surface area contributed by atoms with Crippen molar-refractivity contribution in [3.05, 3.63) is 49.3 Å². The summed E-state index contributed by atoms with van der Waals surface area (Å²) >= 11 is 0. The zero-order chi connectivity index (χ0) is 36.5. The fourth-order valence-electron chi connectivity index (χ4n) is 7.28. The number of aliphatic hydroxyl groups excluding tert-OH is 2. The van der Waals surface area contributed by atoms with Gasteiger partial charge in [0.15, 0.2) is 16.9 Å². The van der Waals surface area contributed by atoms with E-state index in [1.165, 1.54) is 40.4 Å². The van der Waals surface area contributed by atoms with Gasteiger partial charge in [0, 0.05) is 50.2 Å². The number of hydrogen-bond donors (Lipinski definition) is 7. The lowest BCUT2D eigenvalue weighted by atomic mass is 9.80. The predicted octanol–water partition coefficient (Wildman–Crippen LogP) is 2.43. The Kier molecular flexibility index (Phi) is 8.28. The molecule has 0 heterocycles. The molecule has 1 aliphatic carbocycles. The van der Waals surface area contributed by atoms with Crippen molar-refractivity contribution < 1.29 is 54.1 Å². The van der Waals surface area contributed by atoms with Gasteiger partial charge in [0.1, 0.15) is 29.4 Å². The smallest absolute Gasteiger partial charge is 0.328 e. The number of phenolic OH excluding ortho intramolecular Hbond substituents is 1. The number of aliphatic hydroxyl groups is 2. The molecule has 0 bridgehead atoms. The van der Waals surface area contributed by atoms with Crippen molar-refractivity contribution in [2.75, 3.05) is 45.2 Å². The quantitative estimate of drug-likeness (QED) is 0.0736. The van der Waals surface area contributed by atoms with Gasteiger partial charge in [0.25, 0.3) is 0 Å². The van der Waals surface area contributed by atoms with Crippen LogP contribution in [0.2, 0.25) is 0 Å². The zero-order valence-electron chi connectivity index (χ0n) is 27.4. The molecule has 5 aromatic carbocycles. The standard InChI is InChI=1S/C35H32N2O13/c1-11-6-13-21-26-22(31(42)30(13)37-16(10-39)35(46)47)14(36-15(9-38)34(44)45)7-18(48-3)24(26)25-19(49-4)8-17(41)23-28(25)27(21)29(20(11)12(2)40)33(50-5)32(23)43/h6-8,15-16,20,36-39,43H,9-10H2,1-5H3,(H,44,45)(H,46,47). The first-order chi connectivity index (χ1) is 23.8. The molecule has 3 atom stereocenters. The lowest BCUT2D eigenvalue weighted by Gasteiger charge is -2.26. The fraction of sp³-hybridized carbons (Fsp3) is 0.286. The molecule has 7 N–H and O–H groups in total. The highest BCUT2D eigenvalue weighted by molar-refractivity contribution is 6.40. The van der Waals surface area contributed by atoms with E-state index >= 15 is 0 Å². The number of hydrogen-bond acceptors (Lipinski definition) is 13. The number of allylic oxidation sites excluding steroid dienone is 1. The number of phenols is 1. The molecular formula is C35H32N2O13. The van der Waals surface area contributed by atoms with Crippen LogP contribution >= 0.6 is 0 Å². The maximum atomic E-state index is 14.8. The number of Topliss-reactive ketones (excluding diaryl/α,β-unsaturated/α-hetero) is 1. The molecule has 5 aromatic rings. The number of carbonyl (C=O) groups excluding carboxylic acids is 1. The minimum atomic E-state index is -1.69. The summed E-state index contributed by atoms with van der Waals surface area (Å²) in [6.07, 6.45) is 1.51. The highest BCUT2D eigenvalue weighted by Crippen LogP contribution is 2.57. The molecular weight excluding hydrogens is 656 g/mol. The Morgan fingerprint density at radius 3 is 1.86 bits per heavy atom. The number of methoxy groups -OCH3 is 3. The topological polar surface area (TPSA) is 238 Å². The van der Waals surface area contributed by atoms with Crippen LogP contribution in [0.5, 0.6) is 23.0 Å². The van der Waals surface area contributed by atoms with E-state index < -0.39 is 65.5 Å². The molecule has 0 saturated carbocycles. The van der Waals surface area contributed by atoms with Crippen molar-refractivity contribution in [1.29, 1.82) is 0 Å². The fourth-order valence-corrected chi connectivity index (χ4v) is 7.28. The first kappa shape index (κ1) is 34.0. The van der Waals surface area contributed by atoms with E-state index in [0.717, 1.165) is 6.07 Å². The summed E-state index contributed by atoms with van der Waals surface area (Å²) in [6.45, 7) is 1.10. The summed E-state index contributed by atoms with van der Waals surface area (Å²) in [5.41, 5.74) is -1.35. The SMILES string of the molecule is COc1c(O)c2c(=O)cc(OC)c3c4c(OC)cc(NC(CO)C(=O)O)c5c(=O)c(NC(CO)C(=O)O)c6c(c(c1C(C(C)=O)C(C)=C6)c23)c54. The summed E-state index contributed by atoms with van der Waals surface area (Å²) in [5, 5.41) is 57.4. The maximum absolute atomic E-state index is 14.8.